The van der Waals surface area contributed by atoms with Crippen LogP contribution in [0.15, 0.2) is 11.4 Å². The third kappa shape index (κ3) is 2.65. The summed E-state index contributed by atoms with van der Waals surface area (Å²) in [4.78, 5) is 9.16. The predicted octanol–water partition coefficient (Wildman–Crippen LogP) is 1.70. The first-order valence-electron chi connectivity index (χ1n) is 5.50. The lowest BCUT2D eigenvalue weighted by molar-refractivity contribution is 0.138. The summed E-state index contributed by atoms with van der Waals surface area (Å²) in [6.45, 7) is 4.40. The van der Waals surface area contributed by atoms with Crippen LogP contribution in [-0.4, -0.2) is 27.7 Å². The number of nitrogens with zero attached hydrogens (tertiary/aromatic N) is 2. The molecule has 2 aromatic rings. The summed E-state index contributed by atoms with van der Waals surface area (Å²) < 4.78 is 0. The van der Waals surface area contributed by atoms with Gasteiger partial charge in [0.15, 0.2) is 0 Å². The van der Waals surface area contributed by atoms with Crippen LogP contribution in [0.25, 0.3) is 10.2 Å². The van der Waals surface area contributed by atoms with Crippen molar-refractivity contribution in [2.75, 3.05) is 17.6 Å². The van der Waals surface area contributed by atoms with Crippen LogP contribution in [0.5, 0.6) is 0 Å². The molecule has 0 spiro atoms. The summed E-state index contributed by atoms with van der Waals surface area (Å²) in [6, 6.07) is 1.95. The van der Waals surface area contributed by atoms with Gasteiger partial charge >= 0.3 is 0 Å². The molecule has 0 amide bonds. The Labute approximate surface area is 104 Å². The number of hydrogen-bond donors (Lipinski definition) is 3. The molecule has 17 heavy (non-hydrogen) atoms. The molecular weight excluding hydrogens is 236 g/mol. The molecule has 2 aromatic heterocycles. The number of hydrogen-bond acceptors (Lipinski definition) is 6. The Balaban J connectivity index is 2.20. The van der Waals surface area contributed by atoms with Gasteiger partial charge in [-0.2, -0.15) is 4.98 Å². The first-order chi connectivity index (χ1) is 8.08. The third-order valence-electron chi connectivity index (χ3n) is 2.59. The number of nitrogens with two attached hydrogens (primary N) is 1. The summed E-state index contributed by atoms with van der Waals surface area (Å²) in [5.74, 6) is 1.15. The van der Waals surface area contributed by atoms with Crippen molar-refractivity contribution in [1.82, 2.24) is 9.97 Å². The Morgan fingerprint density at radius 2 is 2.24 bits per heavy atom. The molecule has 0 saturated heterocycles. The van der Waals surface area contributed by atoms with Crippen LogP contribution in [0.3, 0.4) is 0 Å². The van der Waals surface area contributed by atoms with E-state index >= 15 is 0 Å². The average Bonchev–Trinajstić information content (AvgIpc) is 2.72. The first-order valence-corrected chi connectivity index (χ1v) is 6.38. The molecule has 2 heterocycles. The fraction of sp³-hybridized carbons (Fsp3) is 0.455. The van der Waals surface area contributed by atoms with Crippen molar-refractivity contribution in [2.45, 2.75) is 20.0 Å². The molecule has 2 rings (SSSR count). The lowest BCUT2D eigenvalue weighted by Gasteiger charge is -2.15. The van der Waals surface area contributed by atoms with E-state index in [0.29, 0.717) is 12.4 Å². The van der Waals surface area contributed by atoms with Crippen molar-refractivity contribution >= 4 is 33.3 Å². The number of aromatic nitrogens is 2. The van der Waals surface area contributed by atoms with Gasteiger partial charge in [-0.25, -0.2) is 4.98 Å². The van der Waals surface area contributed by atoms with Crippen molar-refractivity contribution in [2.24, 2.45) is 5.92 Å². The SMILES string of the molecule is CC(C)C(O)CNc1nc(N)nc2sccc12. The van der Waals surface area contributed by atoms with Crippen LogP contribution in [-0.2, 0) is 0 Å². The van der Waals surface area contributed by atoms with E-state index in [9.17, 15) is 5.11 Å². The minimum atomic E-state index is -0.403. The molecular formula is C11H16N4OS. The van der Waals surface area contributed by atoms with Crippen LogP contribution in [0.2, 0.25) is 0 Å². The van der Waals surface area contributed by atoms with Gasteiger partial charge in [0.05, 0.1) is 11.5 Å². The van der Waals surface area contributed by atoms with E-state index in [0.717, 1.165) is 10.2 Å². The van der Waals surface area contributed by atoms with Crippen molar-refractivity contribution in [3.63, 3.8) is 0 Å². The van der Waals surface area contributed by atoms with E-state index in [1.54, 1.807) is 0 Å². The highest BCUT2D eigenvalue weighted by Gasteiger charge is 2.11. The second-order valence-electron chi connectivity index (χ2n) is 4.26. The van der Waals surface area contributed by atoms with Gasteiger partial charge in [-0.1, -0.05) is 13.8 Å². The number of nitrogen functional groups attached to an aromatic ring is 1. The fourth-order valence-electron chi connectivity index (χ4n) is 1.44. The molecule has 0 aliphatic rings. The van der Waals surface area contributed by atoms with Gasteiger partial charge < -0.3 is 16.2 Å². The second kappa shape index (κ2) is 4.85. The molecule has 0 aliphatic carbocycles. The van der Waals surface area contributed by atoms with Crippen molar-refractivity contribution in [3.8, 4) is 0 Å². The number of anilines is 2. The van der Waals surface area contributed by atoms with Crippen molar-refractivity contribution in [3.05, 3.63) is 11.4 Å². The standard InChI is InChI=1S/C11H16N4OS/c1-6(2)8(16)5-13-9-7-3-4-17-10(7)15-11(12)14-9/h3-4,6,8,16H,5H2,1-2H3,(H3,12,13,14,15). The number of aliphatic hydroxyl groups excluding tert-OH is 1. The lowest BCUT2D eigenvalue weighted by atomic mass is 10.1. The van der Waals surface area contributed by atoms with Gasteiger partial charge in [-0.3, -0.25) is 0 Å². The molecule has 92 valence electrons. The molecule has 0 aromatic carbocycles. The summed E-state index contributed by atoms with van der Waals surface area (Å²) in [5.41, 5.74) is 5.63. The van der Waals surface area contributed by atoms with Crippen LogP contribution in [0.1, 0.15) is 13.8 Å². The van der Waals surface area contributed by atoms with E-state index in [1.807, 2.05) is 25.3 Å². The highest BCUT2D eigenvalue weighted by atomic mass is 32.1. The molecule has 6 heteroatoms. The molecule has 1 unspecified atom stereocenters. The molecule has 1 atom stereocenters. The Hall–Kier alpha value is -1.40. The predicted molar refractivity (Wildman–Crippen MR) is 71.2 cm³/mol. The highest BCUT2D eigenvalue weighted by molar-refractivity contribution is 7.16. The normalized spacial score (nSPS) is 13.2. The molecule has 5 nitrogen and oxygen atoms in total. The lowest BCUT2D eigenvalue weighted by Crippen LogP contribution is -2.25. The summed E-state index contributed by atoms with van der Waals surface area (Å²) >= 11 is 1.52. The largest absolute Gasteiger partial charge is 0.391 e. The molecule has 0 aliphatic heterocycles. The Morgan fingerprint density at radius 3 is 2.94 bits per heavy atom. The molecule has 0 radical (unpaired) electrons. The zero-order valence-electron chi connectivity index (χ0n) is 9.84. The smallest absolute Gasteiger partial charge is 0.223 e. The quantitative estimate of drug-likeness (QED) is 0.771. The summed E-state index contributed by atoms with van der Waals surface area (Å²) in [7, 11) is 0. The third-order valence-corrected chi connectivity index (χ3v) is 3.40. The minimum Gasteiger partial charge on any atom is -0.391 e. The summed E-state index contributed by atoms with van der Waals surface area (Å²) in [5, 5.41) is 15.8. The average molecular weight is 252 g/mol. The van der Waals surface area contributed by atoms with E-state index in [-0.39, 0.29) is 11.9 Å². The maximum Gasteiger partial charge on any atom is 0.223 e. The van der Waals surface area contributed by atoms with Gasteiger partial charge in [0.1, 0.15) is 10.6 Å². The van der Waals surface area contributed by atoms with Gasteiger partial charge in [0, 0.05) is 6.54 Å². The first kappa shape index (κ1) is 12.1. The van der Waals surface area contributed by atoms with E-state index in [4.69, 9.17) is 5.73 Å². The maximum atomic E-state index is 9.75. The fourth-order valence-corrected chi connectivity index (χ4v) is 2.21. The Bertz CT molecular complexity index is 511. The monoisotopic (exact) mass is 252 g/mol. The molecule has 0 fully saturated rings. The topological polar surface area (TPSA) is 84.1 Å². The molecule has 0 saturated carbocycles. The zero-order chi connectivity index (χ0) is 12.4. The number of rotatable bonds is 4. The number of nitrogens with one attached hydrogen (secondary N) is 1. The van der Waals surface area contributed by atoms with Gasteiger partial charge in [-0.15, -0.1) is 11.3 Å². The van der Waals surface area contributed by atoms with E-state index in [1.165, 1.54) is 11.3 Å². The number of fused-ring (bicyclic) bond motifs is 1. The zero-order valence-corrected chi connectivity index (χ0v) is 10.7. The van der Waals surface area contributed by atoms with Crippen LogP contribution in [0.4, 0.5) is 11.8 Å². The van der Waals surface area contributed by atoms with Crippen LogP contribution >= 0.6 is 11.3 Å². The van der Waals surface area contributed by atoms with E-state index in [2.05, 4.69) is 15.3 Å². The minimum absolute atomic E-state index is 0.208. The molecule has 0 bridgehead atoms. The summed E-state index contributed by atoms with van der Waals surface area (Å²) in [6.07, 6.45) is -0.403. The second-order valence-corrected chi connectivity index (χ2v) is 5.16. The van der Waals surface area contributed by atoms with Crippen LogP contribution < -0.4 is 11.1 Å². The van der Waals surface area contributed by atoms with Gasteiger partial charge in [0.2, 0.25) is 5.95 Å². The molecule has 4 N–H and O–H groups in total. The number of thiophene rings is 1. The maximum absolute atomic E-state index is 9.75. The number of aliphatic hydroxyl groups is 1. The highest BCUT2D eigenvalue weighted by Crippen LogP contribution is 2.25. The van der Waals surface area contributed by atoms with Crippen LogP contribution in [0, 0.1) is 5.92 Å². The van der Waals surface area contributed by atoms with Gasteiger partial charge in [-0.05, 0) is 17.4 Å². The van der Waals surface area contributed by atoms with Crippen molar-refractivity contribution < 1.29 is 5.11 Å². The Morgan fingerprint density at radius 1 is 1.47 bits per heavy atom. The van der Waals surface area contributed by atoms with Gasteiger partial charge in [0.25, 0.3) is 0 Å². The van der Waals surface area contributed by atoms with E-state index < -0.39 is 6.10 Å². The van der Waals surface area contributed by atoms with Crippen molar-refractivity contribution in [1.29, 1.82) is 0 Å². The Kier molecular flexibility index (Phi) is 3.44.